The quantitative estimate of drug-likeness (QED) is 0.395. The number of hydrogen-bond acceptors (Lipinski definition) is 3. The van der Waals surface area contributed by atoms with E-state index in [2.05, 4.69) is 10.1 Å². The predicted octanol–water partition coefficient (Wildman–Crippen LogP) is 6.77. The summed E-state index contributed by atoms with van der Waals surface area (Å²) in [6, 6.07) is 7.45. The molecule has 1 aromatic heterocycles. The lowest BCUT2D eigenvalue weighted by atomic mass is 9.96. The van der Waals surface area contributed by atoms with Crippen molar-refractivity contribution in [3.63, 3.8) is 0 Å². The van der Waals surface area contributed by atoms with Gasteiger partial charge >= 0.3 is 6.18 Å². The normalized spacial score (nSPS) is 12.9. The van der Waals surface area contributed by atoms with E-state index in [0.717, 1.165) is 18.2 Å². The third kappa shape index (κ3) is 4.62. The molecule has 3 rings (SSSR count). The second-order valence-corrected chi connectivity index (χ2v) is 7.56. The number of aryl methyl sites for hydroxylation is 1. The number of allylic oxidation sites excluding steroid dienone is 1. The van der Waals surface area contributed by atoms with Crippen molar-refractivity contribution in [2.75, 3.05) is 0 Å². The minimum absolute atomic E-state index is 0.00928. The highest BCUT2D eigenvalue weighted by molar-refractivity contribution is 6.48. The first kappa shape index (κ1) is 22.2. The molecule has 0 radical (unpaired) electrons. The molecule has 154 valence electrons. The van der Waals surface area contributed by atoms with Crippen molar-refractivity contribution < 1.29 is 13.2 Å². The average Bonchev–Trinajstić information content (AvgIpc) is 3.18. The zero-order chi connectivity index (χ0) is 22.1. The molecule has 30 heavy (non-hydrogen) atoms. The fourth-order valence-corrected chi connectivity index (χ4v) is 3.60. The van der Waals surface area contributed by atoms with Crippen LogP contribution < -0.4 is 0 Å². The maximum absolute atomic E-state index is 13.7. The molecular formula is C20H12Cl3F3N4. The summed E-state index contributed by atoms with van der Waals surface area (Å²) < 4.78 is 42.5. The molecule has 0 saturated carbocycles. The van der Waals surface area contributed by atoms with Crippen molar-refractivity contribution in [1.82, 2.24) is 14.8 Å². The van der Waals surface area contributed by atoms with Crippen LogP contribution in [0, 0.1) is 18.3 Å². The van der Waals surface area contributed by atoms with Gasteiger partial charge in [-0.05, 0) is 47.9 Å². The van der Waals surface area contributed by atoms with Crippen molar-refractivity contribution in [2.24, 2.45) is 0 Å². The zero-order valence-corrected chi connectivity index (χ0v) is 17.5. The Bertz CT molecular complexity index is 1130. The first-order chi connectivity index (χ1) is 14.1. The summed E-state index contributed by atoms with van der Waals surface area (Å²) in [6.45, 7) is 1.73. The van der Waals surface area contributed by atoms with Gasteiger partial charge in [-0.15, -0.1) is 0 Å². The van der Waals surface area contributed by atoms with Gasteiger partial charge in [0, 0.05) is 0 Å². The maximum atomic E-state index is 13.7. The number of benzene rings is 2. The fourth-order valence-electron chi connectivity index (χ4n) is 2.99. The number of nitrogens with zero attached hydrogens (tertiary/aromatic N) is 4. The molecule has 1 unspecified atom stereocenters. The summed E-state index contributed by atoms with van der Waals surface area (Å²) in [5.74, 6) is -1.97. The van der Waals surface area contributed by atoms with Crippen LogP contribution in [0.5, 0.6) is 0 Å². The van der Waals surface area contributed by atoms with Gasteiger partial charge in [0.25, 0.3) is 0 Å². The monoisotopic (exact) mass is 470 g/mol. The lowest BCUT2D eigenvalue weighted by Crippen LogP contribution is -2.19. The lowest BCUT2D eigenvalue weighted by Gasteiger charge is -2.18. The standard InChI is InChI=1S/C20H12Cl3F3N4/c1-11-4-12(5-14(8-27)19(11)30-10-28-9-29-30)2-3-15(20(24,25)26)13-6-16(21)18(23)17(22)7-13/h2-7,9-10,15H,1H3/b3-2+. The Balaban J connectivity index is 2.03. The second-order valence-electron chi connectivity index (χ2n) is 6.36. The lowest BCUT2D eigenvalue weighted by molar-refractivity contribution is -0.139. The number of aromatic nitrogens is 3. The molecule has 10 heteroatoms. The van der Waals surface area contributed by atoms with E-state index in [1.54, 1.807) is 13.0 Å². The number of halogens is 6. The van der Waals surface area contributed by atoms with Crippen LogP contribution in [0.4, 0.5) is 13.2 Å². The minimum Gasteiger partial charge on any atom is -0.223 e. The van der Waals surface area contributed by atoms with Gasteiger partial charge in [0.1, 0.15) is 18.7 Å². The molecule has 0 saturated heterocycles. The summed E-state index contributed by atoms with van der Waals surface area (Å²) in [5.41, 5.74) is 1.69. The number of alkyl halides is 3. The summed E-state index contributed by atoms with van der Waals surface area (Å²) in [5, 5.41) is 13.3. The molecule has 0 aliphatic heterocycles. The zero-order valence-electron chi connectivity index (χ0n) is 15.3. The van der Waals surface area contributed by atoms with Gasteiger partial charge in [0.2, 0.25) is 0 Å². The predicted molar refractivity (Wildman–Crippen MR) is 110 cm³/mol. The SMILES string of the molecule is Cc1cc(/C=C/C(c2cc(Cl)c(Cl)c(Cl)c2)C(F)(F)F)cc(C#N)c1-n1cncn1. The van der Waals surface area contributed by atoms with Gasteiger partial charge in [0.05, 0.1) is 32.2 Å². The average molecular weight is 472 g/mol. The van der Waals surface area contributed by atoms with E-state index >= 15 is 0 Å². The molecule has 0 aliphatic rings. The minimum atomic E-state index is -4.59. The summed E-state index contributed by atoms with van der Waals surface area (Å²) in [7, 11) is 0. The van der Waals surface area contributed by atoms with Crippen LogP contribution >= 0.6 is 34.8 Å². The summed E-state index contributed by atoms with van der Waals surface area (Å²) in [4.78, 5) is 3.85. The molecule has 4 nitrogen and oxygen atoms in total. The molecule has 0 aliphatic carbocycles. The van der Waals surface area contributed by atoms with Crippen LogP contribution in [0.2, 0.25) is 15.1 Å². The first-order valence-electron chi connectivity index (χ1n) is 8.41. The van der Waals surface area contributed by atoms with Crippen LogP contribution in [0.3, 0.4) is 0 Å². The van der Waals surface area contributed by atoms with Gasteiger partial charge in [0.15, 0.2) is 0 Å². The van der Waals surface area contributed by atoms with E-state index < -0.39 is 12.1 Å². The van der Waals surface area contributed by atoms with Gasteiger partial charge in [-0.25, -0.2) is 9.67 Å². The third-order valence-corrected chi connectivity index (χ3v) is 5.49. The highest BCUT2D eigenvalue weighted by Gasteiger charge is 2.39. The van der Waals surface area contributed by atoms with E-state index in [-0.39, 0.29) is 26.2 Å². The van der Waals surface area contributed by atoms with Crippen LogP contribution in [0.25, 0.3) is 11.8 Å². The molecule has 0 spiro atoms. The van der Waals surface area contributed by atoms with Crippen molar-refractivity contribution in [3.8, 4) is 11.8 Å². The molecule has 0 bridgehead atoms. The Hall–Kier alpha value is -2.53. The summed E-state index contributed by atoms with van der Waals surface area (Å²) in [6.07, 6.45) is 0.455. The Morgan fingerprint density at radius 2 is 1.80 bits per heavy atom. The molecule has 0 N–H and O–H groups in total. The molecule has 3 aromatic rings. The van der Waals surface area contributed by atoms with E-state index in [0.29, 0.717) is 16.8 Å². The van der Waals surface area contributed by atoms with Gasteiger partial charge in [-0.3, -0.25) is 0 Å². The molecular weight excluding hydrogens is 460 g/mol. The molecule has 2 aromatic carbocycles. The van der Waals surface area contributed by atoms with Gasteiger partial charge < -0.3 is 0 Å². The molecule has 1 atom stereocenters. The Labute approximate surface area is 185 Å². The fraction of sp³-hybridized carbons (Fsp3) is 0.150. The molecule has 0 fully saturated rings. The smallest absolute Gasteiger partial charge is 0.223 e. The van der Waals surface area contributed by atoms with E-state index in [4.69, 9.17) is 34.8 Å². The van der Waals surface area contributed by atoms with Gasteiger partial charge in [-0.1, -0.05) is 47.0 Å². The van der Waals surface area contributed by atoms with Crippen molar-refractivity contribution >= 4 is 40.9 Å². The maximum Gasteiger partial charge on any atom is 0.399 e. The number of hydrogen-bond donors (Lipinski definition) is 0. The van der Waals surface area contributed by atoms with Crippen LogP contribution in [-0.2, 0) is 0 Å². The first-order valence-corrected chi connectivity index (χ1v) is 9.54. The number of rotatable bonds is 4. The topological polar surface area (TPSA) is 54.5 Å². The third-order valence-electron chi connectivity index (χ3n) is 4.29. The van der Waals surface area contributed by atoms with E-state index in [9.17, 15) is 18.4 Å². The Morgan fingerprint density at radius 1 is 1.13 bits per heavy atom. The highest BCUT2D eigenvalue weighted by Crippen LogP contribution is 2.41. The van der Waals surface area contributed by atoms with Gasteiger partial charge in [-0.2, -0.15) is 23.5 Å². The van der Waals surface area contributed by atoms with Crippen LogP contribution in [0.15, 0.2) is 43.0 Å². The van der Waals surface area contributed by atoms with Crippen LogP contribution in [-0.4, -0.2) is 20.9 Å². The van der Waals surface area contributed by atoms with E-state index in [1.807, 2.05) is 6.07 Å². The largest absolute Gasteiger partial charge is 0.399 e. The molecule has 1 heterocycles. The Kier molecular flexibility index (Phi) is 6.41. The summed E-state index contributed by atoms with van der Waals surface area (Å²) >= 11 is 17.6. The number of nitriles is 1. The van der Waals surface area contributed by atoms with Crippen LogP contribution in [0.1, 0.15) is 28.2 Å². The van der Waals surface area contributed by atoms with Crippen molar-refractivity contribution in [2.45, 2.75) is 19.0 Å². The van der Waals surface area contributed by atoms with Crippen molar-refractivity contribution in [1.29, 1.82) is 5.26 Å². The second kappa shape index (κ2) is 8.68. The Morgan fingerprint density at radius 3 is 2.33 bits per heavy atom. The molecule has 0 amide bonds. The van der Waals surface area contributed by atoms with Crippen molar-refractivity contribution in [3.05, 3.63) is 80.3 Å². The highest BCUT2D eigenvalue weighted by atomic mass is 35.5. The van der Waals surface area contributed by atoms with E-state index in [1.165, 1.54) is 29.5 Å².